The third-order valence-electron chi connectivity index (χ3n) is 6.82. The number of hydrogen-bond donors (Lipinski definition) is 2. The molecule has 0 bridgehead atoms. The van der Waals surface area contributed by atoms with Crippen LogP contribution >= 0.6 is 0 Å². The number of hydrogen-bond acceptors (Lipinski definition) is 6. The first kappa shape index (κ1) is 25.3. The second-order valence-electron chi connectivity index (χ2n) is 9.20. The van der Waals surface area contributed by atoms with Gasteiger partial charge in [-0.05, 0) is 68.5 Å². The predicted molar refractivity (Wildman–Crippen MR) is 133 cm³/mol. The first-order valence-electron chi connectivity index (χ1n) is 12.3. The lowest BCUT2D eigenvalue weighted by Crippen LogP contribution is -2.55. The summed E-state index contributed by atoms with van der Waals surface area (Å²) < 4.78 is 15.9. The first-order valence-corrected chi connectivity index (χ1v) is 12.3. The van der Waals surface area contributed by atoms with Crippen LogP contribution in [0.25, 0.3) is 0 Å². The number of fused-ring (bicyclic) bond motifs is 1. The topological polar surface area (TPSA) is 106 Å². The fourth-order valence-corrected chi connectivity index (χ4v) is 4.47. The number of ether oxygens (including phenoxy) is 3. The van der Waals surface area contributed by atoms with E-state index in [9.17, 15) is 14.4 Å². The zero-order valence-electron chi connectivity index (χ0n) is 20.9. The van der Waals surface area contributed by atoms with Gasteiger partial charge in [0.25, 0.3) is 11.8 Å². The molecule has 1 fully saturated rings. The number of methoxy groups -OCH3 is 1. The number of rotatable bonds is 8. The maximum absolute atomic E-state index is 13.2. The van der Waals surface area contributed by atoms with Gasteiger partial charge < -0.3 is 29.7 Å². The molecule has 0 aliphatic carbocycles. The molecule has 2 aliphatic rings. The van der Waals surface area contributed by atoms with E-state index in [2.05, 4.69) is 10.6 Å². The Labute approximate surface area is 211 Å². The van der Waals surface area contributed by atoms with Gasteiger partial charge in [0, 0.05) is 30.3 Å². The largest absolute Gasteiger partial charge is 0.497 e. The van der Waals surface area contributed by atoms with Gasteiger partial charge in [-0.15, -0.1) is 0 Å². The Bertz CT molecular complexity index is 1110. The molecule has 0 spiro atoms. The highest BCUT2D eigenvalue weighted by molar-refractivity contribution is 5.98. The first-order chi connectivity index (χ1) is 17.4. The number of likely N-dealkylation sites (tertiary alicyclic amines) is 1. The molecule has 2 N–H and O–H groups in total. The molecule has 0 aromatic heterocycles. The van der Waals surface area contributed by atoms with Gasteiger partial charge in [0.2, 0.25) is 12.7 Å². The smallest absolute Gasteiger partial charge is 0.253 e. The number of piperidine rings is 1. The SMILES string of the molecule is CC[C@H](C)NC(=O)[C@H](NC(=O)c1ccc2c(c1)OCO2)C1CCN(C(=O)c2cccc(OC)c2)CC1. The Kier molecular flexibility index (Phi) is 7.97. The number of nitrogens with zero attached hydrogens (tertiary/aromatic N) is 1. The maximum Gasteiger partial charge on any atom is 0.253 e. The van der Waals surface area contributed by atoms with Crippen LogP contribution in [0.15, 0.2) is 42.5 Å². The monoisotopic (exact) mass is 495 g/mol. The summed E-state index contributed by atoms with van der Waals surface area (Å²) in [5.41, 5.74) is 0.959. The normalized spacial score (nSPS) is 16.7. The lowest BCUT2D eigenvalue weighted by molar-refractivity contribution is -0.125. The van der Waals surface area contributed by atoms with E-state index in [-0.39, 0.29) is 36.5 Å². The highest BCUT2D eigenvalue weighted by Gasteiger charge is 2.35. The molecule has 2 aromatic rings. The Balaban J connectivity index is 1.45. The number of carbonyl (C=O) groups excluding carboxylic acids is 3. The van der Waals surface area contributed by atoms with E-state index in [4.69, 9.17) is 14.2 Å². The molecule has 9 heteroatoms. The van der Waals surface area contributed by atoms with Crippen molar-refractivity contribution in [2.75, 3.05) is 27.0 Å². The van der Waals surface area contributed by atoms with Gasteiger partial charge in [-0.1, -0.05) is 13.0 Å². The van der Waals surface area contributed by atoms with Gasteiger partial charge in [-0.25, -0.2) is 0 Å². The van der Waals surface area contributed by atoms with E-state index in [1.165, 1.54) is 0 Å². The molecule has 2 atom stereocenters. The fraction of sp³-hybridized carbons (Fsp3) is 0.444. The number of carbonyl (C=O) groups is 3. The molecular formula is C27H33N3O6. The lowest BCUT2D eigenvalue weighted by atomic mass is 9.88. The second kappa shape index (κ2) is 11.3. The Hall–Kier alpha value is -3.75. The molecule has 4 rings (SSSR count). The standard InChI is InChI=1S/C27H33N3O6/c1-4-17(2)28-26(32)24(29-25(31)19-8-9-22-23(15-19)36-16-35-22)18-10-12-30(13-11-18)27(33)20-6-5-7-21(14-20)34-3/h5-9,14-15,17-18,24H,4,10-13,16H2,1-3H3,(H,28,32)(H,29,31)/t17-,24+/m0/s1. The average Bonchev–Trinajstić information content (AvgIpc) is 3.39. The van der Waals surface area contributed by atoms with Crippen LogP contribution < -0.4 is 24.8 Å². The molecule has 0 radical (unpaired) electrons. The van der Waals surface area contributed by atoms with Gasteiger partial charge in [0.1, 0.15) is 11.8 Å². The minimum absolute atomic E-state index is 0.0165. The van der Waals surface area contributed by atoms with Crippen molar-refractivity contribution in [2.45, 2.75) is 45.2 Å². The van der Waals surface area contributed by atoms with Gasteiger partial charge in [0.05, 0.1) is 7.11 Å². The zero-order valence-corrected chi connectivity index (χ0v) is 20.9. The molecule has 2 aliphatic heterocycles. The summed E-state index contributed by atoms with van der Waals surface area (Å²) in [5.74, 6) is 0.976. The van der Waals surface area contributed by atoms with Crippen molar-refractivity contribution >= 4 is 17.7 Å². The Morgan fingerprint density at radius 2 is 1.78 bits per heavy atom. The van der Waals surface area contributed by atoms with E-state index < -0.39 is 6.04 Å². The van der Waals surface area contributed by atoms with Crippen molar-refractivity contribution < 1.29 is 28.6 Å². The highest BCUT2D eigenvalue weighted by Crippen LogP contribution is 2.32. The Morgan fingerprint density at radius 1 is 1.03 bits per heavy atom. The lowest BCUT2D eigenvalue weighted by Gasteiger charge is -2.36. The van der Waals surface area contributed by atoms with Crippen LogP contribution in [0.5, 0.6) is 17.2 Å². The van der Waals surface area contributed by atoms with Crippen LogP contribution in [0.2, 0.25) is 0 Å². The quantitative estimate of drug-likeness (QED) is 0.583. The predicted octanol–water partition coefficient (Wildman–Crippen LogP) is 2.99. The van der Waals surface area contributed by atoms with Crippen molar-refractivity contribution in [1.82, 2.24) is 15.5 Å². The molecule has 0 saturated carbocycles. The molecular weight excluding hydrogens is 462 g/mol. The van der Waals surface area contributed by atoms with Crippen LogP contribution in [-0.2, 0) is 4.79 Å². The van der Waals surface area contributed by atoms with Gasteiger partial charge in [0.15, 0.2) is 11.5 Å². The number of benzene rings is 2. The van der Waals surface area contributed by atoms with Crippen molar-refractivity contribution in [3.8, 4) is 17.2 Å². The maximum atomic E-state index is 13.2. The summed E-state index contributed by atoms with van der Waals surface area (Å²) in [6.45, 7) is 5.03. The van der Waals surface area contributed by atoms with E-state index in [0.717, 1.165) is 6.42 Å². The number of nitrogens with one attached hydrogen (secondary N) is 2. The zero-order chi connectivity index (χ0) is 25.7. The fourth-order valence-electron chi connectivity index (χ4n) is 4.47. The summed E-state index contributed by atoms with van der Waals surface area (Å²) in [4.78, 5) is 41.1. The summed E-state index contributed by atoms with van der Waals surface area (Å²) in [7, 11) is 1.57. The molecule has 2 heterocycles. The molecule has 9 nitrogen and oxygen atoms in total. The van der Waals surface area contributed by atoms with Crippen molar-refractivity contribution in [3.63, 3.8) is 0 Å². The minimum atomic E-state index is -0.717. The number of amides is 3. The van der Waals surface area contributed by atoms with Crippen LogP contribution in [0.3, 0.4) is 0 Å². The molecule has 36 heavy (non-hydrogen) atoms. The minimum Gasteiger partial charge on any atom is -0.497 e. The Morgan fingerprint density at radius 3 is 2.50 bits per heavy atom. The molecule has 1 saturated heterocycles. The van der Waals surface area contributed by atoms with Gasteiger partial charge >= 0.3 is 0 Å². The second-order valence-corrected chi connectivity index (χ2v) is 9.20. The molecule has 192 valence electrons. The summed E-state index contributed by atoms with van der Waals surface area (Å²) in [6, 6.07) is 11.3. The molecule has 2 aromatic carbocycles. The third-order valence-corrected chi connectivity index (χ3v) is 6.82. The molecule has 0 unspecified atom stereocenters. The van der Waals surface area contributed by atoms with Crippen LogP contribution in [0, 0.1) is 5.92 Å². The van der Waals surface area contributed by atoms with Crippen LogP contribution in [0.1, 0.15) is 53.8 Å². The highest BCUT2D eigenvalue weighted by atomic mass is 16.7. The van der Waals surface area contributed by atoms with Crippen molar-refractivity contribution in [2.24, 2.45) is 5.92 Å². The third kappa shape index (κ3) is 5.72. The van der Waals surface area contributed by atoms with Crippen molar-refractivity contribution in [3.05, 3.63) is 53.6 Å². The van der Waals surface area contributed by atoms with E-state index in [1.54, 1.807) is 54.5 Å². The van der Waals surface area contributed by atoms with E-state index in [1.807, 2.05) is 13.8 Å². The van der Waals surface area contributed by atoms with Crippen LogP contribution in [-0.4, -0.2) is 61.7 Å². The van der Waals surface area contributed by atoms with Gasteiger partial charge in [-0.3, -0.25) is 14.4 Å². The summed E-state index contributed by atoms with van der Waals surface area (Å²) in [6.07, 6.45) is 1.97. The van der Waals surface area contributed by atoms with Crippen LogP contribution in [0.4, 0.5) is 0 Å². The average molecular weight is 496 g/mol. The van der Waals surface area contributed by atoms with Crippen molar-refractivity contribution in [1.29, 1.82) is 0 Å². The van der Waals surface area contributed by atoms with E-state index in [0.29, 0.717) is 54.3 Å². The summed E-state index contributed by atoms with van der Waals surface area (Å²) in [5, 5.41) is 5.95. The molecule has 3 amide bonds. The van der Waals surface area contributed by atoms with Gasteiger partial charge in [-0.2, -0.15) is 0 Å². The summed E-state index contributed by atoms with van der Waals surface area (Å²) >= 11 is 0. The van der Waals surface area contributed by atoms with E-state index >= 15 is 0 Å².